The molecule has 0 amide bonds. The van der Waals surface area contributed by atoms with Crippen molar-refractivity contribution < 1.29 is 4.39 Å². The minimum atomic E-state index is -0.237. The zero-order valence-corrected chi connectivity index (χ0v) is 13.5. The summed E-state index contributed by atoms with van der Waals surface area (Å²) in [6, 6.07) is 4.73. The van der Waals surface area contributed by atoms with Gasteiger partial charge in [0.1, 0.15) is 23.2 Å². The van der Waals surface area contributed by atoms with Crippen molar-refractivity contribution in [3.8, 4) is 11.3 Å². The molecule has 1 aromatic heterocycles. The Morgan fingerprint density at radius 2 is 1.95 bits per heavy atom. The molecule has 1 aromatic carbocycles. The molecule has 114 valence electrons. The fourth-order valence-corrected chi connectivity index (χ4v) is 2.58. The lowest BCUT2D eigenvalue weighted by Crippen LogP contribution is -2.19. The number of nitrogen functional groups attached to an aromatic ring is 1. The first-order valence-corrected chi connectivity index (χ1v) is 7.38. The van der Waals surface area contributed by atoms with Gasteiger partial charge in [-0.25, -0.2) is 9.37 Å². The standard InChI is InChI=1S/C17H24FN3/c1-6-9-21-15(19)14(20-16(21)17(3,4)5)13-8-7-12(18)10-11(13)2/h7-8,10H,6,9,19H2,1-5H3. The van der Waals surface area contributed by atoms with Gasteiger partial charge in [-0.3, -0.25) is 0 Å². The summed E-state index contributed by atoms with van der Waals surface area (Å²) in [5, 5.41) is 0. The molecular formula is C17H24FN3. The van der Waals surface area contributed by atoms with Crippen molar-refractivity contribution >= 4 is 5.82 Å². The van der Waals surface area contributed by atoms with Crippen molar-refractivity contribution in [2.75, 3.05) is 5.73 Å². The van der Waals surface area contributed by atoms with E-state index in [0.29, 0.717) is 5.82 Å². The second kappa shape index (κ2) is 5.51. The highest BCUT2D eigenvalue weighted by Crippen LogP contribution is 2.33. The number of anilines is 1. The average molecular weight is 289 g/mol. The Hall–Kier alpha value is -1.84. The van der Waals surface area contributed by atoms with Crippen LogP contribution in [0.25, 0.3) is 11.3 Å². The molecule has 0 aliphatic carbocycles. The third-order valence-electron chi connectivity index (χ3n) is 3.57. The van der Waals surface area contributed by atoms with E-state index in [1.54, 1.807) is 6.07 Å². The Morgan fingerprint density at radius 1 is 1.29 bits per heavy atom. The number of hydrogen-bond acceptors (Lipinski definition) is 2. The maximum absolute atomic E-state index is 13.3. The Kier molecular flexibility index (Phi) is 4.08. The molecule has 3 nitrogen and oxygen atoms in total. The molecule has 0 spiro atoms. The van der Waals surface area contributed by atoms with Crippen LogP contribution in [-0.2, 0) is 12.0 Å². The number of aromatic nitrogens is 2. The molecular weight excluding hydrogens is 265 g/mol. The fourth-order valence-electron chi connectivity index (χ4n) is 2.58. The van der Waals surface area contributed by atoms with E-state index in [1.165, 1.54) is 12.1 Å². The number of rotatable bonds is 3. The topological polar surface area (TPSA) is 43.8 Å². The van der Waals surface area contributed by atoms with Crippen LogP contribution in [0.15, 0.2) is 18.2 Å². The van der Waals surface area contributed by atoms with Gasteiger partial charge in [0.15, 0.2) is 0 Å². The van der Waals surface area contributed by atoms with Crippen molar-refractivity contribution in [1.29, 1.82) is 0 Å². The monoisotopic (exact) mass is 289 g/mol. The summed E-state index contributed by atoms with van der Waals surface area (Å²) in [7, 11) is 0. The third kappa shape index (κ3) is 2.94. The van der Waals surface area contributed by atoms with Gasteiger partial charge in [-0.1, -0.05) is 27.7 Å². The van der Waals surface area contributed by atoms with E-state index in [4.69, 9.17) is 10.7 Å². The number of halogens is 1. The minimum Gasteiger partial charge on any atom is -0.383 e. The number of aryl methyl sites for hydroxylation is 1. The van der Waals surface area contributed by atoms with Gasteiger partial charge in [0.25, 0.3) is 0 Å². The quantitative estimate of drug-likeness (QED) is 0.916. The van der Waals surface area contributed by atoms with Crippen LogP contribution in [0.3, 0.4) is 0 Å². The van der Waals surface area contributed by atoms with Crippen molar-refractivity contribution in [3.63, 3.8) is 0 Å². The number of hydrogen-bond donors (Lipinski definition) is 1. The summed E-state index contributed by atoms with van der Waals surface area (Å²) >= 11 is 0. The molecule has 2 aromatic rings. The summed E-state index contributed by atoms with van der Waals surface area (Å²) in [5.41, 5.74) is 8.75. The molecule has 0 atom stereocenters. The molecule has 1 heterocycles. The largest absolute Gasteiger partial charge is 0.383 e. The molecule has 0 saturated carbocycles. The first-order chi connectivity index (χ1) is 9.75. The van der Waals surface area contributed by atoms with Crippen molar-refractivity contribution in [3.05, 3.63) is 35.4 Å². The molecule has 0 aliphatic heterocycles. The van der Waals surface area contributed by atoms with E-state index < -0.39 is 0 Å². The van der Waals surface area contributed by atoms with Gasteiger partial charge in [-0.2, -0.15) is 0 Å². The van der Waals surface area contributed by atoms with Crippen molar-refractivity contribution in [1.82, 2.24) is 9.55 Å². The smallest absolute Gasteiger partial charge is 0.131 e. The number of benzene rings is 1. The van der Waals surface area contributed by atoms with E-state index in [-0.39, 0.29) is 11.2 Å². The van der Waals surface area contributed by atoms with Gasteiger partial charge in [0, 0.05) is 17.5 Å². The Labute approximate surface area is 126 Å². The predicted molar refractivity (Wildman–Crippen MR) is 85.8 cm³/mol. The van der Waals surface area contributed by atoms with Crippen LogP contribution in [0.5, 0.6) is 0 Å². The maximum Gasteiger partial charge on any atom is 0.131 e. The number of nitrogens with zero attached hydrogens (tertiary/aromatic N) is 2. The molecule has 2 rings (SSSR count). The fraction of sp³-hybridized carbons (Fsp3) is 0.471. The van der Waals surface area contributed by atoms with E-state index in [9.17, 15) is 4.39 Å². The second-order valence-corrected chi connectivity index (χ2v) is 6.53. The predicted octanol–water partition coefficient (Wildman–Crippen LogP) is 4.29. The molecule has 4 heteroatoms. The first kappa shape index (κ1) is 15.5. The van der Waals surface area contributed by atoms with E-state index in [0.717, 1.165) is 35.6 Å². The van der Waals surface area contributed by atoms with Crippen molar-refractivity contribution in [2.45, 2.75) is 53.0 Å². The SMILES string of the molecule is CCCn1c(C(C)(C)C)nc(-c2ccc(F)cc2C)c1N. The highest BCUT2D eigenvalue weighted by molar-refractivity contribution is 5.73. The zero-order valence-electron chi connectivity index (χ0n) is 13.5. The highest BCUT2D eigenvalue weighted by Gasteiger charge is 2.25. The van der Waals surface area contributed by atoms with Crippen LogP contribution in [0, 0.1) is 12.7 Å². The highest BCUT2D eigenvalue weighted by atomic mass is 19.1. The Bertz CT molecular complexity index is 651. The molecule has 0 bridgehead atoms. The van der Waals surface area contributed by atoms with Gasteiger partial charge in [0.2, 0.25) is 0 Å². The molecule has 0 radical (unpaired) electrons. The lowest BCUT2D eigenvalue weighted by molar-refractivity contribution is 0.498. The summed E-state index contributed by atoms with van der Waals surface area (Å²) in [4.78, 5) is 4.78. The normalized spacial score (nSPS) is 11.9. The Morgan fingerprint density at radius 3 is 2.48 bits per heavy atom. The van der Waals surface area contributed by atoms with E-state index >= 15 is 0 Å². The van der Waals surface area contributed by atoms with Crippen LogP contribution in [-0.4, -0.2) is 9.55 Å². The molecule has 0 saturated heterocycles. The third-order valence-corrected chi connectivity index (χ3v) is 3.57. The van der Waals surface area contributed by atoms with Gasteiger partial charge >= 0.3 is 0 Å². The van der Waals surface area contributed by atoms with E-state index in [1.807, 2.05) is 6.92 Å². The van der Waals surface area contributed by atoms with Gasteiger partial charge < -0.3 is 10.3 Å². The molecule has 2 N–H and O–H groups in total. The summed E-state index contributed by atoms with van der Waals surface area (Å²) in [5.74, 6) is 1.40. The van der Waals surface area contributed by atoms with Crippen LogP contribution in [0.1, 0.15) is 45.5 Å². The Balaban J connectivity index is 2.65. The van der Waals surface area contributed by atoms with E-state index in [2.05, 4.69) is 32.3 Å². The number of imidazole rings is 1. The van der Waals surface area contributed by atoms with Gasteiger partial charge in [-0.05, 0) is 37.1 Å². The van der Waals surface area contributed by atoms with Crippen molar-refractivity contribution in [2.24, 2.45) is 0 Å². The number of nitrogens with two attached hydrogens (primary N) is 1. The molecule has 0 unspecified atom stereocenters. The molecule has 0 aliphatic rings. The van der Waals surface area contributed by atoms with Gasteiger partial charge in [-0.15, -0.1) is 0 Å². The van der Waals surface area contributed by atoms with Crippen LogP contribution < -0.4 is 5.73 Å². The zero-order chi connectivity index (χ0) is 15.8. The summed E-state index contributed by atoms with van der Waals surface area (Å²) in [6.45, 7) is 11.2. The summed E-state index contributed by atoms with van der Waals surface area (Å²) in [6.07, 6.45) is 0.992. The first-order valence-electron chi connectivity index (χ1n) is 7.38. The average Bonchev–Trinajstić information content (AvgIpc) is 2.68. The molecule has 21 heavy (non-hydrogen) atoms. The lowest BCUT2D eigenvalue weighted by atomic mass is 9.95. The van der Waals surface area contributed by atoms with Crippen LogP contribution in [0.4, 0.5) is 10.2 Å². The molecule has 0 fully saturated rings. The second-order valence-electron chi connectivity index (χ2n) is 6.53. The maximum atomic E-state index is 13.3. The van der Waals surface area contributed by atoms with Crippen LogP contribution in [0.2, 0.25) is 0 Å². The van der Waals surface area contributed by atoms with Crippen LogP contribution >= 0.6 is 0 Å². The summed E-state index contributed by atoms with van der Waals surface area (Å²) < 4.78 is 15.4. The van der Waals surface area contributed by atoms with Gasteiger partial charge in [0.05, 0.1) is 0 Å². The lowest BCUT2D eigenvalue weighted by Gasteiger charge is -2.19. The minimum absolute atomic E-state index is 0.0878.